The molecule has 7 nitrogen and oxygen atoms in total. The van der Waals surface area contributed by atoms with E-state index in [-0.39, 0.29) is 25.0 Å². The number of ether oxygens (including phenoxy) is 1. The van der Waals surface area contributed by atoms with Gasteiger partial charge in [0.25, 0.3) is 5.91 Å². The number of carbonyl (C=O) groups is 2. The average Bonchev–Trinajstić information content (AvgIpc) is 3.00. The number of hydrogen-bond acceptors (Lipinski definition) is 6. The van der Waals surface area contributed by atoms with Gasteiger partial charge in [0, 0.05) is 17.3 Å². The van der Waals surface area contributed by atoms with Crippen molar-refractivity contribution in [2.24, 2.45) is 5.92 Å². The van der Waals surface area contributed by atoms with Gasteiger partial charge in [0.05, 0.1) is 18.9 Å². The van der Waals surface area contributed by atoms with E-state index in [0.717, 1.165) is 46.6 Å². The molecule has 1 heterocycles. The van der Waals surface area contributed by atoms with Crippen LogP contribution in [0, 0.1) is 12.8 Å². The number of thioether (sulfide) groups is 1. The second kappa shape index (κ2) is 17.5. The molecule has 2 atom stereocenters. The van der Waals surface area contributed by atoms with Crippen molar-refractivity contribution in [3.8, 4) is 11.1 Å². The van der Waals surface area contributed by atoms with Crippen molar-refractivity contribution in [3.05, 3.63) is 83.2 Å². The van der Waals surface area contributed by atoms with Crippen LogP contribution in [0.25, 0.3) is 11.1 Å². The molecule has 220 valence electrons. The molecule has 0 aliphatic heterocycles. The van der Waals surface area contributed by atoms with Gasteiger partial charge in [-0.1, -0.05) is 62.4 Å². The molecule has 4 rings (SSSR count). The summed E-state index contributed by atoms with van der Waals surface area (Å²) in [6, 6.07) is 14.6. The summed E-state index contributed by atoms with van der Waals surface area (Å²) in [7, 11) is 0. The summed E-state index contributed by atoms with van der Waals surface area (Å²) in [4.78, 5) is 25.2. The maximum absolute atomic E-state index is 13.4. The Balaban J connectivity index is 0.00000484. The van der Waals surface area contributed by atoms with Gasteiger partial charge in [-0.3, -0.25) is 4.79 Å². The molecule has 1 fully saturated rings. The van der Waals surface area contributed by atoms with Crippen LogP contribution in [0.15, 0.2) is 60.9 Å². The third-order valence-electron chi connectivity index (χ3n) is 7.97. The Morgan fingerprint density at radius 1 is 1.05 bits per heavy atom. The van der Waals surface area contributed by atoms with Crippen LogP contribution in [0.3, 0.4) is 0 Å². The van der Waals surface area contributed by atoms with E-state index < -0.39 is 17.9 Å². The minimum atomic E-state index is -1.03. The molecular formula is C33H42LiN3O4S. The summed E-state index contributed by atoms with van der Waals surface area (Å²) in [5, 5.41) is 20.4. The standard InChI is InChI=1S/C33H41N3O4S.Li.H/c1-23-8-6-7-11-27(23)29-20-25(12-14-28(29)32(37)36-30(33(38)39)17-19-41-2)22-40-31(26-16-18-34-35-21-26)15-13-24-9-4-3-5-10-24;;/h6-8,11-12,14,16,18,20-21,24,30-31H,3-5,9-10,13,15,17,19,22H2,1-2H3,(H,36,37)(H,38,39);;. The van der Waals surface area contributed by atoms with Gasteiger partial charge < -0.3 is 15.2 Å². The molecule has 0 bridgehead atoms. The topological polar surface area (TPSA) is 101 Å². The molecule has 1 saturated carbocycles. The third kappa shape index (κ3) is 9.70. The molecule has 1 aromatic heterocycles. The normalized spacial score (nSPS) is 14.9. The third-order valence-corrected chi connectivity index (χ3v) is 8.61. The average molecular weight is 584 g/mol. The molecule has 9 heteroatoms. The van der Waals surface area contributed by atoms with Gasteiger partial charge in [-0.05, 0) is 84.6 Å². The van der Waals surface area contributed by atoms with E-state index in [2.05, 4.69) is 15.5 Å². The molecule has 1 aliphatic rings. The molecule has 2 unspecified atom stereocenters. The van der Waals surface area contributed by atoms with E-state index in [1.165, 1.54) is 32.1 Å². The Morgan fingerprint density at radius 2 is 1.83 bits per heavy atom. The number of carboxylic acids is 1. The number of carboxylic acid groups (broad SMARTS) is 1. The monoisotopic (exact) mass is 583 g/mol. The van der Waals surface area contributed by atoms with Gasteiger partial charge in [0.15, 0.2) is 0 Å². The predicted molar refractivity (Wildman–Crippen MR) is 171 cm³/mol. The van der Waals surface area contributed by atoms with Gasteiger partial charge in [-0.15, -0.1) is 0 Å². The number of nitrogens with one attached hydrogen (secondary N) is 1. The summed E-state index contributed by atoms with van der Waals surface area (Å²) < 4.78 is 6.52. The van der Waals surface area contributed by atoms with Crippen molar-refractivity contribution >= 4 is 42.5 Å². The van der Waals surface area contributed by atoms with Crippen molar-refractivity contribution < 1.29 is 19.4 Å². The molecule has 0 spiro atoms. The fourth-order valence-electron chi connectivity index (χ4n) is 5.60. The number of aromatic nitrogens is 2. The summed E-state index contributed by atoms with van der Waals surface area (Å²) in [5.74, 6) is -0.0228. The molecule has 0 radical (unpaired) electrons. The second-order valence-corrected chi connectivity index (χ2v) is 11.9. The SMILES string of the molecule is CSCCC(NC(=O)c1ccc(COC(CCC2CCCCC2)c2ccnnc2)cc1-c1ccccc1C)C(=O)O.[LiH]. The summed E-state index contributed by atoms with van der Waals surface area (Å²) in [6.45, 7) is 2.39. The summed E-state index contributed by atoms with van der Waals surface area (Å²) >= 11 is 1.56. The molecule has 1 aliphatic carbocycles. The first-order valence-corrected chi connectivity index (χ1v) is 16.0. The van der Waals surface area contributed by atoms with Crippen LogP contribution in [0.4, 0.5) is 0 Å². The van der Waals surface area contributed by atoms with E-state index >= 15 is 0 Å². The van der Waals surface area contributed by atoms with Gasteiger partial charge in [-0.25, -0.2) is 4.79 Å². The fraction of sp³-hybridized carbons (Fsp3) is 0.455. The van der Waals surface area contributed by atoms with E-state index in [9.17, 15) is 14.7 Å². The van der Waals surface area contributed by atoms with E-state index in [1.54, 1.807) is 30.2 Å². The molecule has 1 amide bonds. The number of aryl methyl sites for hydroxylation is 1. The zero-order valence-corrected chi connectivity index (χ0v) is 24.9. The first-order chi connectivity index (χ1) is 20.0. The first-order valence-electron chi connectivity index (χ1n) is 14.6. The van der Waals surface area contributed by atoms with Crippen LogP contribution in [0.5, 0.6) is 0 Å². The Labute approximate surface area is 265 Å². The van der Waals surface area contributed by atoms with Crippen molar-refractivity contribution in [3.63, 3.8) is 0 Å². The van der Waals surface area contributed by atoms with Gasteiger partial charge >= 0.3 is 24.8 Å². The number of benzene rings is 2. The van der Waals surface area contributed by atoms with Crippen molar-refractivity contribution in [2.75, 3.05) is 12.0 Å². The van der Waals surface area contributed by atoms with E-state index in [4.69, 9.17) is 4.74 Å². The number of carbonyl (C=O) groups excluding carboxylic acids is 1. The molecule has 3 aromatic rings. The summed E-state index contributed by atoms with van der Waals surface area (Å²) in [5.41, 5.74) is 5.15. The second-order valence-electron chi connectivity index (χ2n) is 10.9. The summed E-state index contributed by atoms with van der Waals surface area (Å²) in [6.07, 6.45) is 14.3. The quantitative estimate of drug-likeness (QED) is 0.213. The number of nitrogens with zero attached hydrogens (tertiary/aromatic N) is 2. The van der Waals surface area contributed by atoms with E-state index in [0.29, 0.717) is 24.3 Å². The van der Waals surface area contributed by atoms with E-state index in [1.807, 2.05) is 55.6 Å². The van der Waals surface area contributed by atoms with Crippen LogP contribution < -0.4 is 5.32 Å². The Bertz CT molecular complexity index is 1290. The van der Waals surface area contributed by atoms with Crippen molar-refractivity contribution in [2.45, 2.75) is 77.0 Å². The Kier molecular flexibility index (Phi) is 14.1. The maximum atomic E-state index is 13.4. The predicted octanol–water partition coefficient (Wildman–Crippen LogP) is 6.36. The van der Waals surface area contributed by atoms with Crippen molar-refractivity contribution in [1.29, 1.82) is 0 Å². The Morgan fingerprint density at radius 3 is 2.52 bits per heavy atom. The zero-order chi connectivity index (χ0) is 29.0. The van der Waals surface area contributed by atoms with Crippen molar-refractivity contribution in [1.82, 2.24) is 15.5 Å². The van der Waals surface area contributed by atoms with Crippen LogP contribution >= 0.6 is 11.8 Å². The molecule has 2 N–H and O–H groups in total. The number of amides is 1. The molecular weight excluding hydrogens is 541 g/mol. The number of aliphatic carboxylic acids is 1. The zero-order valence-electron chi connectivity index (χ0n) is 24.1. The van der Waals surface area contributed by atoms with Crippen LogP contribution in [-0.2, 0) is 16.1 Å². The fourth-order valence-corrected chi connectivity index (χ4v) is 6.07. The number of rotatable bonds is 14. The number of hydrogen-bond donors (Lipinski definition) is 2. The van der Waals surface area contributed by atoms with Gasteiger partial charge in [-0.2, -0.15) is 22.0 Å². The molecule has 2 aromatic carbocycles. The van der Waals surface area contributed by atoms with Gasteiger partial charge in [0.1, 0.15) is 6.04 Å². The first kappa shape index (κ1) is 33.9. The van der Waals surface area contributed by atoms with Crippen LogP contribution in [0.2, 0.25) is 0 Å². The van der Waals surface area contributed by atoms with Crippen LogP contribution in [-0.4, -0.2) is 64.1 Å². The molecule has 42 heavy (non-hydrogen) atoms. The minimum absolute atomic E-state index is 0. The molecule has 0 saturated heterocycles. The Hall–Kier alpha value is -2.63. The van der Waals surface area contributed by atoms with Gasteiger partial charge in [0.2, 0.25) is 0 Å². The van der Waals surface area contributed by atoms with Crippen LogP contribution in [0.1, 0.15) is 84.5 Å².